The highest BCUT2D eigenvalue weighted by molar-refractivity contribution is 7.12. The van der Waals surface area contributed by atoms with Gasteiger partial charge in [0.1, 0.15) is 4.88 Å². The van der Waals surface area contributed by atoms with E-state index < -0.39 is 12.1 Å². The second kappa shape index (κ2) is 7.36. The van der Waals surface area contributed by atoms with Gasteiger partial charge in [0.15, 0.2) is 11.9 Å². The molecule has 0 amide bonds. The number of ether oxygens (including phenoxy) is 1. The first-order valence-electron chi connectivity index (χ1n) is 8.47. The number of esters is 1. The maximum absolute atomic E-state index is 12.8. The van der Waals surface area contributed by atoms with E-state index in [1.54, 1.807) is 19.2 Å². The molecule has 0 aliphatic carbocycles. The molecule has 1 atom stereocenters. The van der Waals surface area contributed by atoms with Crippen molar-refractivity contribution in [3.63, 3.8) is 0 Å². The van der Waals surface area contributed by atoms with Crippen molar-refractivity contribution in [1.29, 1.82) is 0 Å². The van der Waals surface area contributed by atoms with Gasteiger partial charge in [-0.2, -0.15) is 0 Å². The Bertz CT molecular complexity index is 1010. The summed E-state index contributed by atoms with van der Waals surface area (Å²) in [5.41, 5.74) is 2.73. The van der Waals surface area contributed by atoms with Crippen LogP contribution in [0.1, 0.15) is 55.6 Å². The number of ketones is 2. The number of carbonyl (C=O) groups excluding carboxylic acids is 3. The third kappa shape index (κ3) is 3.50. The Balaban J connectivity index is 1.80. The Kier molecular flexibility index (Phi) is 5.14. The standard InChI is InChI=1S/C20H20N2O4S/c1-11-16(13(3)23)12(2)21-17(11)18(24)14(4)26-20(25)19-15(7-10-27-19)22-8-5-6-9-22/h5-10,14,21H,1-4H3. The molecule has 1 unspecified atom stereocenters. The minimum Gasteiger partial charge on any atom is -0.450 e. The predicted octanol–water partition coefficient (Wildman–Crippen LogP) is 4.11. The van der Waals surface area contributed by atoms with Gasteiger partial charge in [-0.25, -0.2) is 4.79 Å². The Labute approximate surface area is 160 Å². The lowest BCUT2D eigenvalue weighted by molar-refractivity contribution is 0.0321. The quantitative estimate of drug-likeness (QED) is 0.512. The molecule has 3 aromatic heterocycles. The molecule has 3 aromatic rings. The minimum absolute atomic E-state index is 0.111. The van der Waals surface area contributed by atoms with Gasteiger partial charge in [-0.3, -0.25) is 9.59 Å². The van der Waals surface area contributed by atoms with Gasteiger partial charge in [-0.15, -0.1) is 11.3 Å². The van der Waals surface area contributed by atoms with Crippen molar-refractivity contribution >= 4 is 28.9 Å². The van der Waals surface area contributed by atoms with Crippen molar-refractivity contribution in [3.05, 3.63) is 63.4 Å². The molecule has 1 N–H and O–H groups in total. The first-order chi connectivity index (χ1) is 12.8. The number of aromatic nitrogens is 2. The molecule has 0 spiro atoms. The largest absolute Gasteiger partial charge is 0.450 e. The summed E-state index contributed by atoms with van der Waals surface area (Å²) >= 11 is 1.26. The van der Waals surface area contributed by atoms with Gasteiger partial charge in [-0.05, 0) is 56.8 Å². The SMILES string of the molecule is CC(=O)c1c(C)[nH]c(C(=O)C(C)OC(=O)c2sccc2-n2cccc2)c1C. The molecule has 3 rings (SSSR count). The number of rotatable bonds is 6. The maximum Gasteiger partial charge on any atom is 0.351 e. The van der Waals surface area contributed by atoms with E-state index in [1.807, 2.05) is 35.2 Å². The minimum atomic E-state index is -0.978. The van der Waals surface area contributed by atoms with Gasteiger partial charge in [0, 0.05) is 23.7 Å². The summed E-state index contributed by atoms with van der Waals surface area (Å²) in [5.74, 6) is -1.03. The summed E-state index contributed by atoms with van der Waals surface area (Å²) in [7, 11) is 0. The molecule has 6 nitrogen and oxygen atoms in total. The maximum atomic E-state index is 12.8. The number of aromatic amines is 1. The van der Waals surface area contributed by atoms with E-state index in [-0.39, 0.29) is 11.6 Å². The summed E-state index contributed by atoms with van der Waals surface area (Å²) in [6.45, 7) is 6.45. The van der Waals surface area contributed by atoms with Gasteiger partial charge in [0.2, 0.25) is 5.78 Å². The molecule has 0 saturated heterocycles. The predicted molar refractivity (Wildman–Crippen MR) is 103 cm³/mol. The number of hydrogen-bond acceptors (Lipinski definition) is 5. The highest BCUT2D eigenvalue weighted by atomic mass is 32.1. The summed E-state index contributed by atoms with van der Waals surface area (Å²) < 4.78 is 7.23. The summed E-state index contributed by atoms with van der Waals surface area (Å²) in [6, 6.07) is 5.55. The topological polar surface area (TPSA) is 81.2 Å². The Hall–Kier alpha value is -2.93. The van der Waals surface area contributed by atoms with Crippen LogP contribution >= 0.6 is 11.3 Å². The fraction of sp³-hybridized carbons (Fsp3) is 0.250. The van der Waals surface area contributed by atoms with Crippen molar-refractivity contribution in [2.24, 2.45) is 0 Å². The molecule has 3 heterocycles. The second-order valence-corrected chi connectivity index (χ2v) is 7.23. The zero-order chi connectivity index (χ0) is 19.7. The second-order valence-electron chi connectivity index (χ2n) is 6.32. The van der Waals surface area contributed by atoms with Crippen LogP contribution in [-0.4, -0.2) is 33.2 Å². The molecular formula is C20H20N2O4S. The number of thiophene rings is 1. The van der Waals surface area contributed by atoms with E-state index in [4.69, 9.17) is 4.74 Å². The van der Waals surface area contributed by atoms with E-state index >= 15 is 0 Å². The fourth-order valence-corrected chi connectivity index (χ4v) is 3.92. The Morgan fingerprint density at radius 2 is 1.85 bits per heavy atom. The van der Waals surface area contributed by atoms with Crippen LogP contribution in [0.15, 0.2) is 36.0 Å². The molecular weight excluding hydrogens is 364 g/mol. The lowest BCUT2D eigenvalue weighted by Crippen LogP contribution is -2.25. The van der Waals surface area contributed by atoms with Crippen molar-refractivity contribution in [2.45, 2.75) is 33.8 Å². The monoisotopic (exact) mass is 384 g/mol. The third-order valence-corrected chi connectivity index (χ3v) is 5.29. The number of Topliss-reactive ketones (excluding diaryl/α,β-unsaturated/α-hetero) is 2. The van der Waals surface area contributed by atoms with Crippen molar-refractivity contribution in [1.82, 2.24) is 9.55 Å². The van der Waals surface area contributed by atoms with Gasteiger partial charge in [0.25, 0.3) is 0 Å². The number of H-pyrrole nitrogens is 1. The molecule has 7 heteroatoms. The molecule has 27 heavy (non-hydrogen) atoms. The van der Waals surface area contributed by atoms with Gasteiger partial charge >= 0.3 is 5.97 Å². The number of nitrogens with one attached hydrogen (secondary N) is 1. The molecule has 0 aliphatic rings. The Morgan fingerprint density at radius 3 is 2.44 bits per heavy atom. The summed E-state index contributed by atoms with van der Waals surface area (Å²) in [6.07, 6.45) is 2.69. The zero-order valence-corrected chi connectivity index (χ0v) is 16.3. The number of aryl methyl sites for hydroxylation is 1. The average Bonchev–Trinajstić information content (AvgIpc) is 3.33. The van der Waals surface area contributed by atoms with Crippen LogP contribution in [0.2, 0.25) is 0 Å². The normalized spacial score (nSPS) is 12.0. The average molecular weight is 384 g/mol. The third-order valence-electron chi connectivity index (χ3n) is 4.40. The number of hydrogen-bond donors (Lipinski definition) is 1. The van der Waals surface area contributed by atoms with Crippen LogP contribution < -0.4 is 0 Å². The summed E-state index contributed by atoms with van der Waals surface area (Å²) in [4.78, 5) is 40.5. The Morgan fingerprint density at radius 1 is 1.19 bits per heavy atom. The molecule has 0 aliphatic heterocycles. The first kappa shape index (κ1) is 18.8. The van der Waals surface area contributed by atoms with Crippen LogP contribution in [0.25, 0.3) is 5.69 Å². The summed E-state index contributed by atoms with van der Waals surface area (Å²) in [5, 5.41) is 1.80. The van der Waals surface area contributed by atoms with Gasteiger partial charge in [-0.1, -0.05) is 0 Å². The van der Waals surface area contributed by atoms with Crippen LogP contribution in [-0.2, 0) is 4.74 Å². The molecule has 140 valence electrons. The van der Waals surface area contributed by atoms with E-state index in [0.717, 1.165) is 0 Å². The van der Waals surface area contributed by atoms with Crippen molar-refractivity contribution < 1.29 is 19.1 Å². The van der Waals surface area contributed by atoms with Gasteiger partial charge in [0.05, 0.1) is 11.4 Å². The number of nitrogens with zero attached hydrogens (tertiary/aromatic N) is 1. The molecule has 0 saturated carbocycles. The zero-order valence-electron chi connectivity index (χ0n) is 15.5. The molecule has 0 bridgehead atoms. The van der Waals surface area contributed by atoms with Crippen molar-refractivity contribution in [3.8, 4) is 5.69 Å². The molecule has 0 radical (unpaired) electrons. The van der Waals surface area contributed by atoms with E-state index in [2.05, 4.69) is 4.98 Å². The van der Waals surface area contributed by atoms with E-state index in [9.17, 15) is 14.4 Å². The van der Waals surface area contributed by atoms with Crippen LogP contribution in [0.5, 0.6) is 0 Å². The van der Waals surface area contributed by atoms with Crippen molar-refractivity contribution in [2.75, 3.05) is 0 Å². The smallest absolute Gasteiger partial charge is 0.351 e. The highest BCUT2D eigenvalue weighted by Crippen LogP contribution is 2.24. The van der Waals surface area contributed by atoms with Gasteiger partial charge < -0.3 is 14.3 Å². The van der Waals surface area contributed by atoms with Crippen LogP contribution in [0.4, 0.5) is 0 Å². The number of carbonyl (C=O) groups is 3. The van der Waals surface area contributed by atoms with Crippen LogP contribution in [0.3, 0.4) is 0 Å². The fourth-order valence-electron chi connectivity index (χ4n) is 3.15. The lowest BCUT2D eigenvalue weighted by atomic mass is 10.0. The highest BCUT2D eigenvalue weighted by Gasteiger charge is 2.27. The molecule has 0 fully saturated rings. The van der Waals surface area contributed by atoms with E-state index in [1.165, 1.54) is 25.2 Å². The van der Waals surface area contributed by atoms with Crippen LogP contribution in [0, 0.1) is 13.8 Å². The lowest BCUT2D eigenvalue weighted by Gasteiger charge is -2.12. The first-order valence-corrected chi connectivity index (χ1v) is 9.35. The molecule has 0 aromatic carbocycles. The van der Waals surface area contributed by atoms with E-state index in [0.29, 0.717) is 33.1 Å².